The zero-order valence-corrected chi connectivity index (χ0v) is 14.2. The SMILES string of the molecule is CC1CCN(C(=O)c2ccc(Br)cc2)c2ccccc2S1. The van der Waals surface area contributed by atoms with E-state index in [9.17, 15) is 4.79 Å². The van der Waals surface area contributed by atoms with Gasteiger partial charge in [-0.15, -0.1) is 11.8 Å². The van der Waals surface area contributed by atoms with E-state index < -0.39 is 0 Å². The lowest BCUT2D eigenvalue weighted by Gasteiger charge is -2.22. The number of thioether (sulfide) groups is 1. The fourth-order valence-electron chi connectivity index (χ4n) is 2.45. The number of hydrogen-bond acceptors (Lipinski definition) is 2. The van der Waals surface area contributed by atoms with Gasteiger partial charge < -0.3 is 4.90 Å². The van der Waals surface area contributed by atoms with E-state index in [0.717, 1.165) is 28.7 Å². The monoisotopic (exact) mass is 361 g/mol. The van der Waals surface area contributed by atoms with Crippen molar-refractivity contribution in [1.82, 2.24) is 0 Å². The summed E-state index contributed by atoms with van der Waals surface area (Å²) in [5, 5.41) is 0.522. The van der Waals surface area contributed by atoms with Crippen LogP contribution in [-0.2, 0) is 0 Å². The van der Waals surface area contributed by atoms with Gasteiger partial charge in [-0.3, -0.25) is 4.79 Å². The minimum atomic E-state index is 0.0738. The molecule has 2 aromatic carbocycles. The third-order valence-electron chi connectivity index (χ3n) is 3.58. The summed E-state index contributed by atoms with van der Waals surface area (Å²) in [6.45, 7) is 2.98. The number of benzene rings is 2. The first-order valence-corrected chi connectivity index (χ1v) is 8.65. The van der Waals surface area contributed by atoms with Crippen LogP contribution in [0, 0.1) is 0 Å². The summed E-state index contributed by atoms with van der Waals surface area (Å²) in [4.78, 5) is 15.9. The van der Waals surface area contributed by atoms with Gasteiger partial charge in [0.05, 0.1) is 5.69 Å². The standard InChI is InChI=1S/C17H16BrNOS/c1-12-10-11-19(15-4-2-3-5-16(15)21-12)17(20)13-6-8-14(18)9-7-13/h2-9,12H,10-11H2,1H3. The number of fused-ring (bicyclic) bond motifs is 1. The van der Waals surface area contributed by atoms with E-state index in [0.29, 0.717) is 5.25 Å². The fraction of sp³-hybridized carbons (Fsp3) is 0.235. The Bertz CT molecular complexity index is 656. The highest BCUT2D eigenvalue weighted by Crippen LogP contribution is 2.37. The van der Waals surface area contributed by atoms with E-state index in [1.54, 1.807) is 0 Å². The van der Waals surface area contributed by atoms with E-state index in [-0.39, 0.29) is 5.91 Å². The Balaban J connectivity index is 1.97. The van der Waals surface area contributed by atoms with E-state index in [1.807, 2.05) is 59.1 Å². The largest absolute Gasteiger partial charge is 0.307 e. The highest BCUT2D eigenvalue weighted by molar-refractivity contribution is 9.10. The van der Waals surface area contributed by atoms with Gasteiger partial charge in [0.25, 0.3) is 5.91 Å². The van der Waals surface area contributed by atoms with Crippen LogP contribution in [0.2, 0.25) is 0 Å². The minimum absolute atomic E-state index is 0.0738. The van der Waals surface area contributed by atoms with Crippen LogP contribution >= 0.6 is 27.7 Å². The summed E-state index contributed by atoms with van der Waals surface area (Å²) in [5.41, 5.74) is 1.76. The van der Waals surface area contributed by atoms with Crippen molar-refractivity contribution < 1.29 is 4.79 Å². The van der Waals surface area contributed by atoms with Gasteiger partial charge in [0, 0.05) is 26.7 Å². The molecule has 1 aliphatic rings. The molecule has 0 spiro atoms. The number of anilines is 1. The molecule has 2 nitrogen and oxygen atoms in total. The number of nitrogens with zero attached hydrogens (tertiary/aromatic N) is 1. The van der Waals surface area contributed by atoms with Crippen molar-refractivity contribution in [2.45, 2.75) is 23.5 Å². The van der Waals surface area contributed by atoms with Gasteiger partial charge in [-0.05, 0) is 42.8 Å². The third-order valence-corrected chi connectivity index (χ3v) is 5.35. The van der Waals surface area contributed by atoms with Crippen molar-refractivity contribution in [3.63, 3.8) is 0 Å². The van der Waals surface area contributed by atoms with Crippen LogP contribution in [0.15, 0.2) is 57.9 Å². The molecule has 0 N–H and O–H groups in total. The summed E-state index contributed by atoms with van der Waals surface area (Å²) < 4.78 is 0.986. The molecule has 1 unspecified atom stereocenters. The molecule has 0 bridgehead atoms. The average molecular weight is 362 g/mol. The van der Waals surface area contributed by atoms with Crippen molar-refractivity contribution >= 4 is 39.3 Å². The van der Waals surface area contributed by atoms with Crippen molar-refractivity contribution in [2.75, 3.05) is 11.4 Å². The molecule has 0 saturated carbocycles. The average Bonchev–Trinajstić information content (AvgIpc) is 2.65. The van der Waals surface area contributed by atoms with Crippen LogP contribution in [0.4, 0.5) is 5.69 Å². The first-order valence-electron chi connectivity index (χ1n) is 6.98. The molecular formula is C17H16BrNOS. The Labute approximate surface area is 137 Å². The Morgan fingerprint density at radius 1 is 1.19 bits per heavy atom. The van der Waals surface area contributed by atoms with Crippen LogP contribution in [0.1, 0.15) is 23.7 Å². The number of rotatable bonds is 1. The Hall–Kier alpha value is -1.26. The lowest BCUT2D eigenvalue weighted by atomic mass is 10.1. The first-order chi connectivity index (χ1) is 10.1. The maximum absolute atomic E-state index is 12.8. The van der Waals surface area contributed by atoms with Crippen LogP contribution < -0.4 is 4.90 Å². The predicted octanol–water partition coefficient (Wildman–Crippen LogP) is 4.98. The molecule has 21 heavy (non-hydrogen) atoms. The van der Waals surface area contributed by atoms with Gasteiger partial charge in [-0.25, -0.2) is 0 Å². The minimum Gasteiger partial charge on any atom is -0.307 e. The molecule has 1 aliphatic heterocycles. The van der Waals surface area contributed by atoms with Crippen LogP contribution in [0.5, 0.6) is 0 Å². The number of amides is 1. The van der Waals surface area contributed by atoms with E-state index in [2.05, 4.69) is 28.9 Å². The Morgan fingerprint density at radius 3 is 2.67 bits per heavy atom. The molecule has 1 atom stereocenters. The normalized spacial score (nSPS) is 18.0. The van der Waals surface area contributed by atoms with Gasteiger partial charge >= 0.3 is 0 Å². The lowest BCUT2D eigenvalue weighted by molar-refractivity contribution is 0.0986. The molecule has 1 heterocycles. The molecular weight excluding hydrogens is 346 g/mol. The number of halogens is 1. The number of para-hydroxylation sites is 1. The van der Waals surface area contributed by atoms with Crippen LogP contribution in [0.25, 0.3) is 0 Å². The molecule has 2 aromatic rings. The zero-order valence-electron chi connectivity index (χ0n) is 11.8. The molecule has 0 saturated heterocycles. The Morgan fingerprint density at radius 2 is 1.90 bits per heavy atom. The van der Waals surface area contributed by atoms with E-state index >= 15 is 0 Å². The van der Waals surface area contributed by atoms with Gasteiger partial charge in [-0.1, -0.05) is 35.0 Å². The first kappa shape index (κ1) is 14.7. The maximum Gasteiger partial charge on any atom is 0.258 e. The summed E-state index contributed by atoms with van der Waals surface area (Å²) >= 11 is 5.26. The fourth-order valence-corrected chi connectivity index (χ4v) is 3.82. The molecule has 108 valence electrons. The lowest BCUT2D eigenvalue weighted by Crippen LogP contribution is -2.32. The second-order valence-corrected chi connectivity index (χ2v) is 7.54. The second-order valence-electron chi connectivity index (χ2n) is 5.15. The van der Waals surface area contributed by atoms with Crippen molar-refractivity contribution in [3.8, 4) is 0 Å². The third kappa shape index (κ3) is 3.16. The van der Waals surface area contributed by atoms with Gasteiger partial charge in [0.2, 0.25) is 0 Å². The highest BCUT2D eigenvalue weighted by Gasteiger charge is 2.24. The molecule has 1 amide bonds. The predicted molar refractivity (Wildman–Crippen MR) is 92.2 cm³/mol. The van der Waals surface area contributed by atoms with Crippen molar-refractivity contribution in [3.05, 3.63) is 58.6 Å². The van der Waals surface area contributed by atoms with Gasteiger partial charge in [0.15, 0.2) is 0 Å². The Kier molecular flexibility index (Phi) is 4.36. The number of carbonyl (C=O) groups excluding carboxylic acids is 1. The smallest absolute Gasteiger partial charge is 0.258 e. The quantitative estimate of drug-likeness (QED) is 0.713. The molecule has 0 fully saturated rings. The molecule has 3 rings (SSSR count). The highest BCUT2D eigenvalue weighted by atomic mass is 79.9. The number of carbonyl (C=O) groups is 1. The topological polar surface area (TPSA) is 20.3 Å². The summed E-state index contributed by atoms with van der Waals surface area (Å²) in [7, 11) is 0. The van der Waals surface area contributed by atoms with Crippen molar-refractivity contribution in [2.24, 2.45) is 0 Å². The zero-order chi connectivity index (χ0) is 14.8. The molecule has 0 aliphatic carbocycles. The van der Waals surface area contributed by atoms with Crippen molar-refractivity contribution in [1.29, 1.82) is 0 Å². The van der Waals surface area contributed by atoms with E-state index in [4.69, 9.17) is 0 Å². The second kappa shape index (κ2) is 6.24. The van der Waals surface area contributed by atoms with E-state index in [1.165, 1.54) is 4.90 Å². The summed E-state index contributed by atoms with van der Waals surface area (Å²) in [6.07, 6.45) is 1.00. The van der Waals surface area contributed by atoms with Crippen LogP contribution in [0.3, 0.4) is 0 Å². The molecule has 4 heteroatoms. The molecule has 0 aromatic heterocycles. The van der Waals surface area contributed by atoms with Crippen LogP contribution in [-0.4, -0.2) is 17.7 Å². The summed E-state index contributed by atoms with van der Waals surface area (Å²) in [6, 6.07) is 15.7. The van der Waals surface area contributed by atoms with Gasteiger partial charge in [0.1, 0.15) is 0 Å². The maximum atomic E-state index is 12.8. The number of hydrogen-bond donors (Lipinski definition) is 0. The summed E-state index contributed by atoms with van der Waals surface area (Å²) in [5.74, 6) is 0.0738. The van der Waals surface area contributed by atoms with Gasteiger partial charge in [-0.2, -0.15) is 0 Å². The molecule has 0 radical (unpaired) electrons.